The number of nitrogens with one attached hydrogen (secondary N) is 6. The predicted octanol–water partition coefficient (Wildman–Crippen LogP) is 15.5. The molecule has 0 fully saturated rings. The Morgan fingerprint density at radius 1 is 0.405 bits per heavy atom. The van der Waals surface area contributed by atoms with Gasteiger partial charge in [0.05, 0.1) is 96.8 Å². The van der Waals surface area contributed by atoms with Crippen molar-refractivity contribution in [2.75, 3.05) is 71.1 Å². The Balaban J connectivity index is 0.000000114. The van der Waals surface area contributed by atoms with Crippen molar-refractivity contribution in [2.24, 2.45) is 27.1 Å². The van der Waals surface area contributed by atoms with Crippen molar-refractivity contribution in [3.63, 3.8) is 0 Å². The number of rotatable bonds is 19. The zero-order chi connectivity index (χ0) is 80.3. The van der Waals surface area contributed by atoms with Gasteiger partial charge in [-0.05, 0) is 96.3 Å². The van der Waals surface area contributed by atoms with Crippen LogP contribution in [0.15, 0.2) is 263 Å². The number of phenolic OH excluding ortho intramolecular Hbond substituents is 1. The lowest BCUT2D eigenvalue weighted by Gasteiger charge is -2.14. The minimum atomic E-state index is 0.224. The first-order valence-corrected chi connectivity index (χ1v) is 37.3. The van der Waals surface area contributed by atoms with Crippen molar-refractivity contribution < 1.29 is 9.52 Å². The Labute approximate surface area is 666 Å². The van der Waals surface area contributed by atoms with Gasteiger partial charge in [-0.15, -0.1) is 0 Å². The summed E-state index contributed by atoms with van der Waals surface area (Å²) in [6.07, 6.45) is 45.8. The number of H-pyrrole nitrogens is 1. The summed E-state index contributed by atoms with van der Waals surface area (Å²) < 4.78 is 20.5. The first kappa shape index (κ1) is 75.9. The second-order valence-corrected chi connectivity index (χ2v) is 28.3. The van der Waals surface area contributed by atoms with E-state index in [1.54, 1.807) is 100 Å². The Morgan fingerprint density at radius 3 is 1.12 bits per heavy atom. The van der Waals surface area contributed by atoms with E-state index in [1.807, 2.05) is 195 Å². The molecule has 4 aromatic carbocycles. The zero-order valence-electron chi connectivity index (χ0n) is 65.7. The molecule has 0 aliphatic carbocycles. The molecule has 0 radical (unpaired) electrons. The summed E-state index contributed by atoms with van der Waals surface area (Å²) in [6.45, 7) is 9.59. The highest BCUT2D eigenvalue weighted by molar-refractivity contribution is 5.79. The molecule has 0 spiro atoms. The minimum absolute atomic E-state index is 0.224. The van der Waals surface area contributed by atoms with Crippen LogP contribution in [-0.2, 0) is 21.1 Å². The summed E-state index contributed by atoms with van der Waals surface area (Å²) in [4.78, 5) is 48.7. The lowest BCUT2D eigenvalue weighted by molar-refractivity contribution is 0.475. The van der Waals surface area contributed by atoms with Crippen molar-refractivity contribution in [3.8, 4) is 62.0 Å². The van der Waals surface area contributed by atoms with Crippen LogP contribution in [0.25, 0.3) is 84.5 Å². The van der Waals surface area contributed by atoms with E-state index in [4.69, 9.17) is 4.42 Å². The number of hydrogen-bond acceptors (Lipinski definition) is 23. The van der Waals surface area contributed by atoms with Crippen LogP contribution in [0.5, 0.6) is 5.75 Å². The second kappa shape index (κ2) is 34.0. The third-order valence-corrected chi connectivity index (χ3v) is 18.7. The van der Waals surface area contributed by atoms with Crippen molar-refractivity contribution >= 4 is 91.4 Å². The topological polar surface area (TPSA) is 333 Å². The van der Waals surface area contributed by atoms with Crippen LogP contribution in [-0.4, -0.2) is 151 Å². The van der Waals surface area contributed by atoms with E-state index in [0.29, 0.717) is 29.3 Å². The lowest BCUT2D eigenvalue weighted by atomic mass is 10.0. The molecule has 0 aliphatic heterocycles. The number of phenols is 1. The maximum Gasteiger partial charge on any atom is 0.180 e. The molecule has 32 heteroatoms. The van der Waals surface area contributed by atoms with Crippen LogP contribution >= 0.6 is 0 Å². The molecule has 0 saturated heterocycles. The van der Waals surface area contributed by atoms with Gasteiger partial charge in [-0.3, -0.25) is 41.1 Å². The smallest absolute Gasteiger partial charge is 0.180 e. The fourth-order valence-corrected chi connectivity index (χ4v) is 12.7. The number of nitrogens with zero attached hydrogens (tertiary/aromatic N) is 24. The highest BCUT2D eigenvalue weighted by atomic mass is 16.3. The molecule has 0 aliphatic rings. The fraction of sp³-hybridized carbons (Fsp3) is 0.167. The largest absolute Gasteiger partial charge is 0.508 e. The number of hydrogen-bond donors (Lipinski definition) is 7. The van der Waals surface area contributed by atoms with E-state index in [9.17, 15) is 5.11 Å². The molecular weight excluding hydrogens is 1460 g/mol. The molecule has 0 atom stereocenters. The number of aromatic nitrogens is 23. The van der Waals surface area contributed by atoms with E-state index in [1.165, 1.54) is 5.56 Å². The number of aromatic amines is 1. The molecular formula is C84H86N30O2. The number of aromatic hydroxyl groups is 1. The van der Waals surface area contributed by atoms with E-state index in [-0.39, 0.29) is 5.75 Å². The molecule has 15 heterocycles. The maximum atomic E-state index is 9.36. The minimum Gasteiger partial charge on any atom is -0.508 e. The summed E-state index contributed by atoms with van der Waals surface area (Å²) in [5, 5.41) is 45.5. The van der Waals surface area contributed by atoms with E-state index >= 15 is 0 Å². The molecule has 19 aromatic rings. The fourth-order valence-electron chi connectivity index (χ4n) is 12.7. The molecule has 15 aromatic heterocycles. The summed E-state index contributed by atoms with van der Waals surface area (Å²) in [7, 11) is 13.8. The highest BCUT2D eigenvalue weighted by Crippen LogP contribution is 2.33. The number of aryl methyl sites for hydroxylation is 3. The normalized spacial score (nSPS) is 11.1. The average Bonchev–Trinajstić information content (AvgIpc) is 1.65. The van der Waals surface area contributed by atoms with Gasteiger partial charge in [0.2, 0.25) is 0 Å². The number of anilines is 11. The van der Waals surface area contributed by atoms with Crippen LogP contribution in [0.4, 0.5) is 63.2 Å². The van der Waals surface area contributed by atoms with Crippen molar-refractivity contribution in [2.45, 2.75) is 33.6 Å². The third kappa shape index (κ3) is 17.2. The van der Waals surface area contributed by atoms with Crippen LogP contribution in [0.2, 0.25) is 0 Å². The van der Waals surface area contributed by atoms with Crippen molar-refractivity contribution in [1.82, 2.24) is 111 Å². The Hall–Kier alpha value is -15.5. The third-order valence-electron chi connectivity index (χ3n) is 18.7. The van der Waals surface area contributed by atoms with Crippen LogP contribution in [0.1, 0.15) is 39.2 Å². The number of furan rings is 1. The first-order chi connectivity index (χ1) is 56.4. The number of imidazole rings is 5. The zero-order valence-corrected chi connectivity index (χ0v) is 65.7. The molecule has 32 nitrogen and oxygen atoms in total. The van der Waals surface area contributed by atoms with Crippen molar-refractivity contribution in [1.29, 1.82) is 0 Å². The Bertz CT molecular complexity index is 6290. The number of benzene rings is 4. The van der Waals surface area contributed by atoms with E-state index < -0.39 is 0 Å². The Morgan fingerprint density at radius 2 is 0.776 bits per heavy atom. The van der Waals surface area contributed by atoms with Gasteiger partial charge in [-0.25, -0.2) is 49.8 Å². The monoisotopic (exact) mass is 1550 g/mol. The summed E-state index contributed by atoms with van der Waals surface area (Å²) >= 11 is 0. The van der Waals surface area contributed by atoms with Gasteiger partial charge in [0.25, 0.3) is 0 Å². The summed E-state index contributed by atoms with van der Waals surface area (Å²) in [5.74, 6) is 4.92. The summed E-state index contributed by atoms with van der Waals surface area (Å²) in [5.41, 5.74) is 21.1. The van der Waals surface area contributed by atoms with Crippen LogP contribution < -0.4 is 36.4 Å². The van der Waals surface area contributed by atoms with Gasteiger partial charge in [0.15, 0.2) is 57.3 Å². The Kier molecular flexibility index (Phi) is 22.2. The SMILES string of the molecule is CC(C)CNc1nccn2c(-c3cnn(C)c3)cnc12.CC(C)c1ccc(Nc2nccn3c(-c4cnn(C)c4)cnc23)cc1.CN(C)c1cccc(Nc2nccn3c(-c4ccoc4)cnc23)c1.CN(C)c1cccc(Nc2nccn3c(-c4cn[nH]c4)cnc23)c1.Cn1cc(-c2cnc3c(Nc4ccc(O)cc4)nccn23)cn1. The lowest BCUT2D eigenvalue weighted by Crippen LogP contribution is -2.10. The molecule has 116 heavy (non-hydrogen) atoms. The van der Waals surface area contributed by atoms with Gasteiger partial charge < -0.3 is 45.9 Å². The predicted molar refractivity (Wildman–Crippen MR) is 453 cm³/mol. The standard InChI is InChI=1S/C19H20N6.C18H17N5O.C17H17N7.C16H14N6O.C14H18N6/c1-13(2)14-4-6-16(7-5-14)23-18-19-21-11-17(25(19)9-8-20-18)15-10-22-24(3)12-15;1-22(2)15-5-3-4-14(10-15)21-17-18-20-11-16(13-6-9-24-12-13)23(18)8-7-19-17;1-23(2)14-5-3-4-13(8-14)22-16-17-19-11-15(12-9-20-21-10-12)24(17)7-6-18-16;1-21-10-11(8-19-21)14-9-18-16-15(17-6-7-22(14)16)20-12-2-4-13(23)5-3-12;1-10(2)6-16-13-14-17-8-12(20(14)5-4-15-13)11-7-18-19(3)9-11/h4-13H,1-3H3,(H,20,23);3-12H,1-2H3,(H,19,21);3-11H,1-2H3,(H,18,22)(H,20,21);2-10,23H,1H3,(H,17,20);4-5,7-10H,6H2,1-3H3,(H,15,16). The van der Waals surface area contributed by atoms with Gasteiger partial charge in [0, 0.05) is 205 Å². The van der Waals surface area contributed by atoms with Crippen molar-refractivity contribution in [3.05, 3.63) is 264 Å². The molecule has 7 N–H and O–H groups in total. The molecule has 584 valence electrons. The van der Waals surface area contributed by atoms with E-state index in [2.05, 4.69) is 188 Å². The van der Waals surface area contributed by atoms with E-state index in [0.717, 1.165) is 137 Å². The second-order valence-electron chi connectivity index (χ2n) is 28.3. The molecule has 0 saturated carbocycles. The first-order valence-electron chi connectivity index (χ1n) is 37.3. The van der Waals surface area contributed by atoms with Gasteiger partial charge in [-0.2, -0.15) is 20.4 Å². The van der Waals surface area contributed by atoms with Gasteiger partial charge in [-0.1, -0.05) is 52.0 Å². The van der Waals surface area contributed by atoms with Gasteiger partial charge in [0.1, 0.15) is 5.75 Å². The molecule has 0 amide bonds. The summed E-state index contributed by atoms with van der Waals surface area (Å²) in [6, 6.07) is 33.5. The van der Waals surface area contributed by atoms with Crippen LogP contribution in [0.3, 0.4) is 0 Å². The number of fused-ring (bicyclic) bond motifs is 5. The van der Waals surface area contributed by atoms with Gasteiger partial charge >= 0.3 is 0 Å². The molecule has 0 bridgehead atoms. The molecule has 19 rings (SSSR count). The average molecular weight is 1550 g/mol. The highest BCUT2D eigenvalue weighted by Gasteiger charge is 2.19. The van der Waals surface area contributed by atoms with Crippen LogP contribution in [0, 0.1) is 5.92 Å². The quantitative estimate of drug-likeness (QED) is 0.0370. The maximum absolute atomic E-state index is 9.36. The molecule has 0 unspecified atom stereocenters.